The van der Waals surface area contributed by atoms with Gasteiger partial charge in [0.2, 0.25) is 5.88 Å². The van der Waals surface area contributed by atoms with Crippen molar-refractivity contribution in [1.82, 2.24) is 9.78 Å². The number of aryl methyl sites for hydroxylation is 1. The van der Waals surface area contributed by atoms with Crippen molar-refractivity contribution in [3.8, 4) is 5.88 Å². The highest BCUT2D eigenvalue weighted by Crippen LogP contribution is 2.21. The van der Waals surface area contributed by atoms with Crippen LogP contribution in [0.25, 0.3) is 0 Å². The maximum absolute atomic E-state index is 11.6. The normalized spacial score (nSPS) is 11.6. The van der Waals surface area contributed by atoms with Crippen molar-refractivity contribution < 1.29 is 4.74 Å². The van der Waals surface area contributed by atoms with E-state index in [1.54, 1.807) is 13.2 Å². The topological polar surface area (TPSA) is 70.1 Å². The highest BCUT2D eigenvalue weighted by Gasteiger charge is 2.14. The van der Waals surface area contributed by atoms with Crippen molar-refractivity contribution in [3.63, 3.8) is 0 Å². The van der Waals surface area contributed by atoms with Gasteiger partial charge in [0.25, 0.3) is 5.56 Å². The predicted octanol–water partition coefficient (Wildman–Crippen LogP) is 1.41. The average molecular weight is 253 g/mol. The van der Waals surface area contributed by atoms with Crippen molar-refractivity contribution in [2.75, 3.05) is 13.7 Å². The van der Waals surface area contributed by atoms with Crippen LogP contribution in [-0.4, -0.2) is 23.4 Å². The lowest BCUT2D eigenvalue weighted by atomic mass is 9.87. The third-order valence-electron chi connectivity index (χ3n) is 3.08. The smallest absolute Gasteiger partial charge is 0.266 e. The average Bonchev–Trinajstić information content (AvgIpc) is 2.36. The van der Waals surface area contributed by atoms with Crippen LogP contribution in [0.3, 0.4) is 0 Å². The molecule has 1 heterocycles. The lowest BCUT2D eigenvalue weighted by Gasteiger charge is -2.21. The number of ether oxygens (including phenoxy) is 1. The molecule has 0 aliphatic heterocycles. The summed E-state index contributed by atoms with van der Waals surface area (Å²) in [5.41, 5.74) is 5.76. The van der Waals surface area contributed by atoms with Crippen LogP contribution in [0.1, 0.15) is 33.1 Å². The number of rotatable bonds is 7. The summed E-state index contributed by atoms with van der Waals surface area (Å²) < 4.78 is 6.45. The predicted molar refractivity (Wildman–Crippen MR) is 71.7 cm³/mol. The molecule has 1 rings (SSSR count). The summed E-state index contributed by atoms with van der Waals surface area (Å²) in [5.74, 6) is 0.469. The first-order valence-electron chi connectivity index (χ1n) is 6.31. The van der Waals surface area contributed by atoms with Gasteiger partial charge in [0, 0.05) is 18.7 Å². The molecule has 5 heteroatoms. The molecule has 0 saturated carbocycles. The molecular formula is C13H23N3O2. The van der Waals surface area contributed by atoms with Gasteiger partial charge in [-0.2, -0.15) is 0 Å². The van der Waals surface area contributed by atoms with Crippen molar-refractivity contribution in [2.24, 2.45) is 11.1 Å². The summed E-state index contributed by atoms with van der Waals surface area (Å²) in [6, 6.07) is 3.06. The van der Waals surface area contributed by atoms with E-state index in [1.807, 2.05) is 0 Å². The summed E-state index contributed by atoms with van der Waals surface area (Å²) in [6.45, 7) is 5.62. The standard InChI is InChI=1S/C13H23N3O2/c1-13(2,10-14)8-4-5-9-16-12(17)7-6-11(15-16)18-3/h6-7H,4-5,8-10,14H2,1-3H3. The van der Waals surface area contributed by atoms with Gasteiger partial charge in [-0.1, -0.05) is 20.3 Å². The zero-order chi connectivity index (χ0) is 13.6. The second-order valence-electron chi connectivity index (χ2n) is 5.26. The molecule has 0 bridgehead atoms. The fourth-order valence-corrected chi connectivity index (χ4v) is 1.67. The van der Waals surface area contributed by atoms with Gasteiger partial charge in [0.15, 0.2) is 0 Å². The van der Waals surface area contributed by atoms with Gasteiger partial charge in [-0.25, -0.2) is 4.68 Å². The van der Waals surface area contributed by atoms with E-state index in [9.17, 15) is 4.79 Å². The number of methoxy groups -OCH3 is 1. The summed E-state index contributed by atoms with van der Waals surface area (Å²) >= 11 is 0. The Morgan fingerprint density at radius 1 is 1.39 bits per heavy atom. The number of aromatic nitrogens is 2. The van der Waals surface area contributed by atoms with Crippen molar-refractivity contribution in [2.45, 2.75) is 39.7 Å². The molecule has 2 N–H and O–H groups in total. The Hall–Kier alpha value is -1.36. The second kappa shape index (κ2) is 6.54. The van der Waals surface area contributed by atoms with Crippen LogP contribution in [0, 0.1) is 5.41 Å². The van der Waals surface area contributed by atoms with Gasteiger partial charge in [0.1, 0.15) is 0 Å². The lowest BCUT2D eigenvalue weighted by molar-refractivity contribution is 0.323. The molecule has 0 spiro atoms. The molecule has 0 aromatic carbocycles. The molecule has 1 aromatic rings. The molecule has 0 saturated heterocycles. The summed E-state index contributed by atoms with van der Waals surface area (Å²) in [6.07, 6.45) is 3.02. The summed E-state index contributed by atoms with van der Waals surface area (Å²) in [7, 11) is 1.54. The first-order valence-corrected chi connectivity index (χ1v) is 6.31. The molecule has 1 aromatic heterocycles. The number of nitrogens with two attached hydrogens (primary N) is 1. The summed E-state index contributed by atoms with van der Waals surface area (Å²) in [5, 5.41) is 4.10. The Morgan fingerprint density at radius 2 is 2.11 bits per heavy atom. The fraction of sp³-hybridized carbons (Fsp3) is 0.692. The van der Waals surface area contributed by atoms with Crippen LogP contribution < -0.4 is 16.0 Å². The van der Waals surface area contributed by atoms with E-state index >= 15 is 0 Å². The molecular weight excluding hydrogens is 230 g/mol. The van der Waals surface area contributed by atoms with Crippen LogP contribution in [0.5, 0.6) is 5.88 Å². The van der Waals surface area contributed by atoms with E-state index in [4.69, 9.17) is 10.5 Å². The lowest BCUT2D eigenvalue weighted by Crippen LogP contribution is -2.24. The quantitative estimate of drug-likeness (QED) is 0.746. The minimum Gasteiger partial charge on any atom is -0.480 e. The zero-order valence-corrected chi connectivity index (χ0v) is 11.5. The van der Waals surface area contributed by atoms with E-state index in [0.29, 0.717) is 19.0 Å². The van der Waals surface area contributed by atoms with Gasteiger partial charge >= 0.3 is 0 Å². The van der Waals surface area contributed by atoms with E-state index in [2.05, 4.69) is 18.9 Å². The molecule has 0 aliphatic carbocycles. The molecule has 0 unspecified atom stereocenters. The third-order valence-corrected chi connectivity index (χ3v) is 3.08. The monoisotopic (exact) mass is 253 g/mol. The molecule has 102 valence electrons. The first kappa shape index (κ1) is 14.7. The van der Waals surface area contributed by atoms with Crippen molar-refractivity contribution >= 4 is 0 Å². The largest absolute Gasteiger partial charge is 0.480 e. The SMILES string of the molecule is COc1ccc(=O)n(CCCCC(C)(C)CN)n1. The maximum Gasteiger partial charge on any atom is 0.266 e. The van der Waals surface area contributed by atoms with E-state index < -0.39 is 0 Å². The highest BCUT2D eigenvalue weighted by molar-refractivity contribution is 5.05. The Kier molecular flexibility index (Phi) is 5.34. The van der Waals surface area contributed by atoms with Gasteiger partial charge in [-0.15, -0.1) is 5.10 Å². The number of nitrogens with zero attached hydrogens (tertiary/aromatic N) is 2. The van der Waals surface area contributed by atoms with E-state index in [-0.39, 0.29) is 11.0 Å². The van der Waals surface area contributed by atoms with E-state index in [0.717, 1.165) is 19.3 Å². The minimum absolute atomic E-state index is 0.0890. The molecule has 0 fully saturated rings. The van der Waals surface area contributed by atoms with Crippen LogP contribution in [0.2, 0.25) is 0 Å². The summed E-state index contributed by atoms with van der Waals surface area (Å²) in [4.78, 5) is 11.6. The van der Waals surface area contributed by atoms with Crippen molar-refractivity contribution in [3.05, 3.63) is 22.5 Å². The Labute approximate surface area is 108 Å². The Morgan fingerprint density at radius 3 is 2.72 bits per heavy atom. The fourth-order valence-electron chi connectivity index (χ4n) is 1.67. The number of hydrogen-bond donors (Lipinski definition) is 1. The van der Waals surface area contributed by atoms with E-state index in [1.165, 1.54) is 10.7 Å². The van der Waals surface area contributed by atoms with Gasteiger partial charge < -0.3 is 10.5 Å². The first-order chi connectivity index (χ1) is 8.48. The van der Waals surface area contributed by atoms with Crippen molar-refractivity contribution in [1.29, 1.82) is 0 Å². The molecule has 18 heavy (non-hydrogen) atoms. The van der Waals surface area contributed by atoms with Crippen LogP contribution in [0.4, 0.5) is 0 Å². The van der Waals surface area contributed by atoms with Gasteiger partial charge in [-0.05, 0) is 24.8 Å². The van der Waals surface area contributed by atoms with Crippen LogP contribution >= 0.6 is 0 Å². The molecule has 5 nitrogen and oxygen atoms in total. The molecule has 0 aliphatic rings. The third kappa shape index (κ3) is 4.49. The molecule has 0 amide bonds. The Bertz CT molecular complexity index is 426. The molecule has 0 radical (unpaired) electrons. The number of unbranched alkanes of at least 4 members (excludes halogenated alkanes) is 1. The number of hydrogen-bond acceptors (Lipinski definition) is 4. The minimum atomic E-state index is -0.0890. The Balaban J connectivity index is 2.47. The maximum atomic E-state index is 11.6. The van der Waals surface area contributed by atoms with Gasteiger partial charge in [-0.3, -0.25) is 4.79 Å². The van der Waals surface area contributed by atoms with Crippen LogP contribution in [-0.2, 0) is 6.54 Å². The molecule has 0 atom stereocenters. The highest BCUT2D eigenvalue weighted by atomic mass is 16.5. The van der Waals surface area contributed by atoms with Crippen LogP contribution in [0.15, 0.2) is 16.9 Å². The zero-order valence-electron chi connectivity index (χ0n) is 11.5. The second-order valence-corrected chi connectivity index (χ2v) is 5.26. The van der Waals surface area contributed by atoms with Gasteiger partial charge in [0.05, 0.1) is 7.11 Å².